The van der Waals surface area contributed by atoms with Crippen LogP contribution in [0, 0.1) is 5.21 Å². The minimum Gasteiger partial charge on any atom is -0.621 e. The first kappa shape index (κ1) is 8.99. The maximum Gasteiger partial charge on any atom is 0.335 e. The highest BCUT2D eigenvalue weighted by Crippen LogP contribution is 2.16. The van der Waals surface area contributed by atoms with E-state index in [1.54, 1.807) is 13.8 Å². The normalized spacial score (nSPS) is 28.7. The van der Waals surface area contributed by atoms with Crippen molar-refractivity contribution in [2.75, 3.05) is 0 Å². The molecule has 1 aliphatic heterocycles. The fourth-order valence-corrected chi connectivity index (χ4v) is 0.998. The van der Waals surface area contributed by atoms with Gasteiger partial charge in [0.25, 0.3) is 17.5 Å². The van der Waals surface area contributed by atoms with Gasteiger partial charge in [0.2, 0.25) is 0 Å². The van der Waals surface area contributed by atoms with Gasteiger partial charge >= 0.3 is 6.23 Å². The first-order valence-corrected chi connectivity index (χ1v) is 3.68. The molecule has 0 aliphatic carbocycles. The molecule has 0 aromatic carbocycles. The molecule has 5 heteroatoms. The van der Waals surface area contributed by atoms with Crippen LogP contribution in [0.5, 0.6) is 0 Å². The third kappa shape index (κ3) is 1.06. The van der Waals surface area contributed by atoms with Crippen molar-refractivity contribution in [1.29, 1.82) is 0 Å². The second-order valence-electron chi connectivity index (χ2n) is 3.47. The Labute approximate surface area is 70.4 Å². The van der Waals surface area contributed by atoms with E-state index in [9.17, 15) is 15.5 Å². The number of nitrogens with zero attached hydrogens (tertiary/aromatic N) is 2. The first-order chi connectivity index (χ1) is 5.37. The molecule has 5 nitrogen and oxygen atoms in total. The van der Waals surface area contributed by atoms with Crippen LogP contribution in [0.25, 0.3) is 0 Å². The highest BCUT2D eigenvalue weighted by Gasteiger charge is 2.50. The summed E-state index contributed by atoms with van der Waals surface area (Å²) < 4.78 is 1.33. The lowest BCUT2D eigenvalue weighted by Gasteiger charge is -2.24. The summed E-state index contributed by atoms with van der Waals surface area (Å²) in [5, 5.41) is 29.9. The Morgan fingerprint density at radius 2 is 2.08 bits per heavy atom. The summed E-state index contributed by atoms with van der Waals surface area (Å²) in [7, 11) is 0. The van der Waals surface area contributed by atoms with Crippen LogP contribution in [0.1, 0.15) is 20.8 Å². The van der Waals surface area contributed by atoms with Crippen LogP contribution in [0.4, 0.5) is 0 Å². The van der Waals surface area contributed by atoms with E-state index in [2.05, 4.69) is 0 Å². The van der Waals surface area contributed by atoms with E-state index in [1.165, 1.54) is 13.1 Å². The summed E-state index contributed by atoms with van der Waals surface area (Å²) in [5.41, 5.74) is -0.689. The van der Waals surface area contributed by atoms with Crippen LogP contribution in [0.15, 0.2) is 0 Å². The molecule has 0 spiro atoms. The van der Waals surface area contributed by atoms with E-state index in [0.717, 1.165) is 4.74 Å². The second-order valence-corrected chi connectivity index (χ2v) is 3.47. The Balaban J connectivity index is 3.16. The van der Waals surface area contributed by atoms with Crippen LogP contribution in [0.3, 0.4) is 0 Å². The highest BCUT2D eigenvalue weighted by atomic mass is 16.5. The lowest BCUT2D eigenvalue weighted by molar-refractivity contribution is -0.851. The lowest BCUT2D eigenvalue weighted by Crippen LogP contribution is -2.55. The molecule has 0 bridgehead atoms. The molecule has 0 fully saturated rings. The minimum absolute atomic E-state index is 0.282. The fraction of sp³-hybridized carbons (Fsp3) is 0.714. The molecule has 0 amide bonds. The molecule has 12 heavy (non-hydrogen) atoms. The first-order valence-electron chi connectivity index (χ1n) is 3.68. The van der Waals surface area contributed by atoms with Gasteiger partial charge in [-0.3, -0.25) is 5.21 Å². The molecule has 0 aromatic rings. The smallest absolute Gasteiger partial charge is 0.335 e. The van der Waals surface area contributed by atoms with Crippen LogP contribution in [-0.2, 0) is 0 Å². The largest absolute Gasteiger partial charge is 0.621 e. The molecule has 0 unspecified atom stereocenters. The standard InChI is InChI=1S/C7H13N2O3/c1-5-4-8(11)7(2,3)6(10)9(5)12/h4,6,10-11H,1-3H3/q+1/t6-/m1/s1. The van der Waals surface area contributed by atoms with Crippen molar-refractivity contribution in [3.05, 3.63) is 5.21 Å². The zero-order valence-electron chi connectivity index (χ0n) is 7.35. The van der Waals surface area contributed by atoms with Gasteiger partial charge < -0.3 is 10.3 Å². The average Bonchev–Trinajstić information content (AvgIpc) is 1.99. The van der Waals surface area contributed by atoms with Gasteiger partial charge in [-0.25, -0.2) is 0 Å². The Morgan fingerprint density at radius 3 is 2.58 bits per heavy atom. The van der Waals surface area contributed by atoms with Crippen molar-refractivity contribution < 1.29 is 19.8 Å². The molecule has 1 rings (SSSR count). The molecule has 1 aliphatic rings. The lowest BCUT2D eigenvalue weighted by atomic mass is 10.0. The quantitative estimate of drug-likeness (QED) is 0.296. The van der Waals surface area contributed by atoms with Gasteiger partial charge in [-0.05, 0) is 4.74 Å². The molecular formula is C7H13N2O3+. The van der Waals surface area contributed by atoms with Crippen molar-refractivity contribution in [2.24, 2.45) is 0 Å². The van der Waals surface area contributed by atoms with E-state index < -0.39 is 11.8 Å². The third-order valence-electron chi connectivity index (χ3n) is 2.10. The maximum absolute atomic E-state index is 11.1. The SMILES string of the molecule is CC1=[N+]([O-])[C@H](O)C(C)(C)[N+](O)=C1. The fourth-order valence-electron chi connectivity index (χ4n) is 0.998. The van der Waals surface area contributed by atoms with E-state index in [4.69, 9.17) is 0 Å². The van der Waals surface area contributed by atoms with Gasteiger partial charge in [-0.2, -0.15) is 4.74 Å². The van der Waals surface area contributed by atoms with Gasteiger partial charge in [0.05, 0.1) is 0 Å². The van der Waals surface area contributed by atoms with Crippen LogP contribution < -0.4 is 0 Å². The molecule has 0 radical (unpaired) electrons. The predicted octanol–water partition coefficient (Wildman–Crippen LogP) is -0.459. The molecule has 68 valence electrons. The zero-order valence-corrected chi connectivity index (χ0v) is 7.35. The molecular weight excluding hydrogens is 160 g/mol. The van der Waals surface area contributed by atoms with Crippen molar-refractivity contribution in [3.63, 3.8) is 0 Å². The number of hydrogen-bond acceptors (Lipinski definition) is 3. The van der Waals surface area contributed by atoms with Crippen LogP contribution in [-0.4, -0.2) is 43.5 Å². The van der Waals surface area contributed by atoms with E-state index >= 15 is 0 Å². The van der Waals surface area contributed by atoms with Crippen molar-refractivity contribution in [2.45, 2.75) is 32.5 Å². The van der Waals surface area contributed by atoms with Crippen molar-refractivity contribution in [1.82, 2.24) is 0 Å². The number of hydrogen-bond donors (Lipinski definition) is 2. The third-order valence-corrected chi connectivity index (χ3v) is 2.10. The summed E-state index contributed by atoms with van der Waals surface area (Å²) in [6.07, 6.45) is 0.0483. The summed E-state index contributed by atoms with van der Waals surface area (Å²) in [6.45, 7) is 4.67. The maximum atomic E-state index is 11.1. The Kier molecular flexibility index (Phi) is 1.83. The van der Waals surface area contributed by atoms with Gasteiger partial charge in [-0.15, -0.1) is 0 Å². The summed E-state index contributed by atoms with van der Waals surface area (Å²) in [4.78, 5) is 0. The molecule has 0 saturated carbocycles. The van der Waals surface area contributed by atoms with Gasteiger partial charge in [0, 0.05) is 20.8 Å². The monoisotopic (exact) mass is 173 g/mol. The van der Waals surface area contributed by atoms with Crippen LogP contribution >= 0.6 is 0 Å². The molecule has 2 N–H and O–H groups in total. The molecule has 1 atom stereocenters. The second kappa shape index (κ2) is 2.45. The van der Waals surface area contributed by atoms with E-state index in [1.807, 2.05) is 0 Å². The number of hydroxylamine groups is 2. The van der Waals surface area contributed by atoms with Gasteiger partial charge in [-0.1, -0.05) is 0 Å². The highest BCUT2D eigenvalue weighted by molar-refractivity contribution is 6.25. The Bertz CT molecular complexity index is 268. The van der Waals surface area contributed by atoms with Gasteiger partial charge in [0.15, 0.2) is 0 Å². The number of rotatable bonds is 0. The Morgan fingerprint density at radius 1 is 1.58 bits per heavy atom. The van der Waals surface area contributed by atoms with Gasteiger partial charge in [0.1, 0.15) is 0 Å². The average molecular weight is 173 g/mol. The predicted molar refractivity (Wildman–Crippen MR) is 42.5 cm³/mol. The number of aliphatic hydroxyl groups is 1. The topological polar surface area (TPSA) is 69.5 Å². The summed E-state index contributed by atoms with van der Waals surface area (Å²) in [5.74, 6) is 0. The van der Waals surface area contributed by atoms with E-state index in [-0.39, 0.29) is 5.71 Å². The summed E-state index contributed by atoms with van der Waals surface area (Å²) in [6, 6.07) is 0. The zero-order chi connectivity index (χ0) is 9.52. The molecule has 1 heterocycles. The van der Waals surface area contributed by atoms with Crippen LogP contribution in [0.2, 0.25) is 0 Å². The van der Waals surface area contributed by atoms with E-state index in [0.29, 0.717) is 4.74 Å². The number of aliphatic hydroxyl groups excluding tert-OH is 1. The Hall–Kier alpha value is -1.10. The molecule has 0 saturated heterocycles. The van der Waals surface area contributed by atoms with Crippen molar-refractivity contribution in [3.8, 4) is 0 Å². The van der Waals surface area contributed by atoms with Crippen molar-refractivity contribution >= 4 is 11.9 Å². The molecule has 0 aromatic heterocycles. The summed E-state index contributed by atoms with van der Waals surface area (Å²) >= 11 is 0. The minimum atomic E-state index is -1.24.